The molecule has 0 aliphatic carbocycles. The molecular formula is C16H22N4. The van der Waals surface area contributed by atoms with Gasteiger partial charge in [-0.1, -0.05) is 30.3 Å². The van der Waals surface area contributed by atoms with Gasteiger partial charge in [-0.2, -0.15) is 0 Å². The molecule has 2 heterocycles. The molecule has 2 aromatic rings. The van der Waals surface area contributed by atoms with Gasteiger partial charge >= 0.3 is 0 Å². The van der Waals surface area contributed by atoms with E-state index in [9.17, 15) is 0 Å². The summed E-state index contributed by atoms with van der Waals surface area (Å²) in [5.74, 6) is 1.16. The molecule has 1 saturated heterocycles. The summed E-state index contributed by atoms with van der Waals surface area (Å²) in [5.41, 5.74) is 1.40. The minimum atomic E-state index is 0.477. The number of rotatable bonds is 4. The Hall–Kier alpha value is -1.65. The zero-order valence-electron chi connectivity index (χ0n) is 12.0. The van der Waals surface area contributed by atoms with Crippen LogP contribution in [0.5, 0.6) is 0 Å². The van der Waals surface area contributed by atoms with Crippen LogP contribution in [0.2, 0.25) is 0 Å². The third kappa shape index (κ3) is 2.92. The number of aromatic nitrogens is 2. The molecule has 0 spiro atoms. The number of aryl methyl sites for hydroxylation is 1. The van der Waals surface area contributed by atoms with Crippen molar-refractivity contribution in [1.82, 2.24) is 19.8 Å². The first-order valence-corrected chi connectivity index (χ1v) is 7.30. The summed E-state index contributed by atoms with van der Waals surface area (Å²) in [5, 5.41) is 3.51. The predicted octanol–water partition coefficient (Wildman–Crippen LogP) is 1.61. The molecule has 1 fully saturated rings. The summed E-state index contributed by atoms with van der Waals surface area (Å²) in [6.07, 6.45) is 4.90. The first kappa shape index (κ1) is 13.3. The van der Waals surface area contributed by atoms with Gasteiger partial charge in [-0.3, -0.25) is 4.90 Å². The molecule has 1 atom stereocenters. The van der Waals surface area contributed by atoms with Gasteiger partial charge in [-0.15, -0.1) is 0 Å². The van der Waals surface area contributed by atoms with Crippen molar-refractivity contribution in [2.24, 2.45) is 7.05 Å². The van der Waals surface area contributed by atoms with Crippen LogP contribution in [0.3, 0.4) is 0 Å². The lowest BCUT2D eigenvalue weighted by Crippen LogP contribution is -2.46. The molecule has 20 heavy (non-hydrogen) atoms. The molecule has 4 heteroatoms. The van der Waals surface area contributed by atoms with Crippen LogP contribution in [0.1, 0.15) is 17.4 Å². The highest BCUT2D eigenvalue weighted by Crippen LogP contribution is 2.21. The van der Waals surface area contributed by atoms with Crippen molar-refractivity contribution in [2.45, 2.75) is 12.5 Å². The standard InChI is InChI=1S/C16H22N4/c1-19-11-9-18-16(19)7-10-20-12-8-17-13-15(20)14-5-3-2-4-6-14/h2-6,9,11,15,17H,7-8,10,12-13H2,1H3. The van der Waals surface area contributed by atoms with Gasteiger partial charge in [0, 0.05) is 58.1 Å². The number of benzene rings is 1. The van der Waals surface area contributed by atoms with E-state index in [1.54, 1.807) is 0 Å². The van der Waals surface area contributed by atoms with E-state index in [4.69, 9.17) is 0 Å². The van der Waals surface area contributed by atoms with Crippen LogP contribution in [0.15, 0.2) is 42.7 Å². The van der Waals surface area contributed by atoms with Crippen molar-refractivity contribution in [2.75, 3.05) is 26.2 Å². The summed E-state index contributed by atoms with van der Waals surface area (Å²) < 4.78 is 2.11. The average Bonchev–Trinajstić information content (AvgIpc) is 2.92. The minimum Gasteiger partial charge on any atom is -0.338 e. The van der Waals surface area contributed by atoms with E-state index in [2.05, 4.69) is 57.1 Å². The first-order chi connectivity index (χ1) is 9.84. The highest BCUT2D eigenvalue weighted by atomic mass is 15.2. The topological polar surface area (TPSA) is 33.1 Å². The molecule has 3 rings (SSSR count). The molecule has 4 nitrogen and oxygen atoms in total. The Morgan fingerprint density at radius 2 is 2.15 bits per heavy atom. The first-order valence-electron chi connectivity index (χ1n) is 7.30. The van der Waals surface area contributed by atoms with E-state index in [1.807, 2.05) is 12.4 Å². The monoisotopic (exact) mass is 270 g/mol. The molecular weight excluding hydrogens is 248 g/mol. The minimum absolute atomic E-state index is 0.477. The molecule has 1 unspecified atom stereocenters. The SMILES string of the molecule is Cn1ccnc1CCN1CCNCC1c1ccccc1. The van der Waals surface area contributed by atoms with Crippen molar-refractivity contribution in [1.29, 1.82) is 0 Å². The number of nitrogens with one attached hydrogen (secondary N) is 1. The third-order valence-electron chi connectivity index (χ3n) is 4.08. The van der Waals surface area contributed by atoms with E-state index in [1.165, 1.54) is 5.56 Å². The van der Waals surface area contributed by atoms with Gasteiger partial charge in [-0.05, 0) is 5.56 Å². The third-order valence-corrected chi connectivity index (χ3v) is 4.08. The number of nitrogens with zero attached hydrogens (tertiary/aromatic N) is 3. The highest BCUT2D eigenvalue weighted by molar-refractivity contribution is 5.20. The zero-order chi connectivity index (χ0) is 13.8. The molecule has 1 aliphatic rings. The summed E-state index contributed by atoms with van der Waals surface area (Å²) in [6.45, 7) is 4.27. The maximum atomic E-state index is 4.42. The lowest BCUT2D eigenvalue weighted by molar-refractivity contribution is 0.163. The van der Waals surface area contributed by atoms with Crippen LogP contribution in [-0.2, 0) is 13.5 Å². The zero-order valence-corrected chi connectivity index (χ0v) is 12.0. The average molecular weight is 270 g/mol. The van der Waals surface area contributed by atoms with Gasteiger partial charge < -0.3 is 9.88 Å². The van der Waals surface area contributed by atoms with Crippen molar-refractivity contribution in [3.8, 4) is 0 Å². The van der Waals surface area contributed by atoms with E-state index < -0.39 is 0 Å². The van der Waals surface area contributed by atoms with E-state index in [-0.39, 0.29) is 0 Å². The Kier molecular flexibility index (Phi) is 4.14. The summed E-state index contributed by atoms with van der Waals surface area (Å²) >= 11 is 0. The van der Waals surface area contributed by atoms with Crippen LogP contribution in [0.4, 0.5) is 0 Å². The lowest BCUT2D eigenvalue weighted by atomic mass is 10.0. The molecule has 1 N–H and O–H groups in total. The van der Waals surface area contributed by atoms with Crippen molar-refractivity contribution < 1.29 is 0 Å². The molecule has 106 valence electrons. The van der Waals surface area contributed by atoms with Crippen LogP contribution >= 0.6 is 0 Å². The molecule has 1 aromatic heterocycles. The van der Waals surface area contributed by atoms with Crippen molar-refractivity contribution >= 4 is 0 Å². The maximum Gasteiger partial charge on any atom is 0.109 e. The van der Waals surface area contributed by atoms with Crippen LogP contribution in [0, 0.1) is 0 Å². The molecule has 0 bridgehead atoms. The largest absolute Gasteiger partial charge is 0.338 e. The summed E-state index contributed by atoms with van der Waals surface area (Å²) in [7, 11) is 2.06. The number of hydrogen-bond acceptors (Lipinski definition) is 3. The van der Waals surface area contributed by atoms with E-state index in [0.29, 0.717) is 6.04 Å². The molecule has 1 aromatic carbocycles. The quantitative estimate of drug-likeness (QED) is 0.916. The predicted molar refractivity (Wildman–Crippen MR) is 80.5 cm³/mol. The Bertz CT molecular complexity index is 534. The van der Waals surface area contributed by atoms with E-state index in [0.717, 1.165) is 38.4 Å². The molecule has 0 amide bonds. The van der Waals surface area contributed by atoms with Crippen molar-refractivity contribution in [3.63, 3.8) is 0 Å². The molecule has 0 saturated carbocycles. The number of piperazine rings is 1. The Morgan fingerprint density at radius 1 is 1.30 bits per heavy atom. The fourth-order valence-corrected chi connectivity index (χ4v) is 2.90. The molecule has 0 radical (unpaired) electrons. The van der Waals surface area contributed by atoms with Gasteiger partial charge in [0.1, 0.15) is 5.82 Å². The van der Waals surface area contributed by atoms with Gasteiger partial charge in [0.2, 0.25) is 0 Å². The van der Waals surface area contributed by atoms with Gasteiger partial charge in [-0.25, -0.2) is 4.98 Å². The van der Waals surface area contributed by atoms with Gasteiger partial charge in [0.15, 0.2) is 0 Å². The van der Waals surface area contributed by atoms with Crippen LogP contribution < -0.4 is 5.32 Å². The Balaban J connectivity index is 1.68. The fourth-order valence-electron chi connectivity index (χ4n) is 2.90. The second-order valence-corrected chi connectivity index (χ2v) is 5.37. The van der Waals surface area contributed by atoms with Gasteiger partial charge in [0.05, 0.1) is 0 Å². The summed E-state index contributed by atoms with van der Waals surface area (Å²) in [4.78, 5) is 6.99. The molecule has 1 aliphatic heterocycles. The Morgan fingerprint density at radius 3 is 2.90 bits per heavy atom. The number of hydrogen-bond donors (Lipinski definition) is 1. The van der Waals surface area contributed by atoms with Crippen molar-refractivity contribution in [3.05, 3.63) is 54.1 Å². The van der Waals surface area contributed by atoms with Gasteiger partial charge in [0.25, 0.3) is 0 Å². The Labute approximate surface area is 120 Å². The van der Waals surface area contributed by atoms with E-state index >= 15 is 0 Å². The van der Waals surface area contributed by atoms with Crippen LogP contribution in [-0.4, -0.2) is 40.6 Å². The fraction of sp³-hybridized carbons (Fsp3) is 0.438. The summed E-state index contributed by atoms with van der Waals surface area (Å²) in [6, 6.07) is 11.3. The number of imidazole rings is 1. The normalized spacial score (nSPS) is 20.1. The van der Waals surface area contributed by atoms with Crippen LogP contribution in [0.25, 0.3) is 0 Å². The smallest absolute Gasteiger partial charge is 0.109 e. The maximum absolute atomic E-state index is 4.42. The second-order valence-electron chi connectivity index (χ2n) is 5.37. The highest BCUT2D eigenvalue weighted by Gasteiger charge is 2.23. The lowest BCUT2D eigenvalue weighted by Gasteiger charge is -2.36. The second kappa shape index (κ2) is 6.20.